The predicted molar refractivity (Wildman–Crippen MR) is 81.2 cm³/mol. The lowest BCUT2D eigenvalue weighted by Crippen LogP contribution is -2.22. The van der Waals surface area contributed by atoms with Crippen molar-refractivity contribution in [2.45, 2.75) is 6.42 Å². The van der Waals surface area contributed by atoms with Gasteiger partial charge in [-0.15, -0.1) is 0 Å². The molecule has 2 rings (SSSR count). The molecule has 0 aliphatic rings. The maximum Gasteiger partial charge on any atom is 0.337 e. The summed E-state index contributed by atoms with van der Waals surface area (Å²) in [5, 5.41) is 9.22. The van der Waals surface area contributed by atoms with Crippen molar-refractivity contribution >= 4 is 17.3 Å². The van der Waals surface area contributed by atoms with Crippen molar-refractivity contribution in [1.29, 1.82) is 0 Å². The van der Waals surface area contributed by atoms with Crippen LogP contribution in [0.5, 0.6) is 0 Å². The van der Waals surface area contributed by atoms with Crippen LogP contribution in [0.1, 0.15) is 15.9 Å². The van der Waals surface area contributed by atoms with E-state index < -0.39 is 5.97 Å². The normalized spacial score (nSPS) is 10.2. The van der Waals surface area contributed by atoms with E-state index in [2.05, 4.69) is 12.1 Å². The number of aromatic carboxylic acids is 1. The number of nitrogens with zero attached hydrogens (tertiary/aromatic N) is 1. The molecule has 4 heteroatoms. The monoisotopic (exact) mass is 270 g/mol. The van der Waals surface area contributed by atoms with Crippen molar-refractivity contribution in [3.8, 4) is 0 Å². The number of nitrogen functional groups attached to an aromatic ring is 1. The van der Waals surface area contributed by atoms with Crippen LogP contribution in [0.25, 0.3) is 0 Å². The Labute approximate surface area is 118 Å². The number of hydrogen-bond acceptors (Lipinski definition) is 3. The average Bonchev–Trinajstić information content (AvgIpc) is 2.45. The second-order valence-electron chi connectivity index (χ2n) is 4.74. The molecule has 20 heavy (non-hydrogen) atoms. The van der Waals surface area contributed by atoms with Gasteiger partial charge in [-0.3, -0.25) is 0 Å². The summed E-state index contributed by atoms with van der Waals surface area (Å²) in [6, 6.07) is 15.0. The molecule has 0 unspecified atom stereocenters. The van der Waals surface area contributed by atoms with Gasteiger partial charge in [-0.05, 0) is 30.2 Å². The van der Waals surface area contributed by atoms with Gasteiger partial charge in [0.25, 0.3) is 0 Å². The third kappa shape index (κ3) is 3.29. The summed E-state index contributed by atoms with van der Waals surface area (Å²) in [6.07, 6.45) is 0.852. The average molecular weight is 270 g/mol. The van der Waals surface area contributed by atoms with Crippen LogP contribution in [0.3, 0.4) is 0 Å². The number of carboxylic acid groups (broad SMARTS) is 1. The molecule has 0 spiro atoms. The van der Waals surface area contributed by atoms with E-state index in [1.807, 2.05) is 30.1 Å². The molecule has 0 aromatic heterocycles. The van der Waals surface area contributed by atoms with Crippen LogP contribution in [0, 0.1) is 0 Å². The van der Waals surface area contributed by atoms with Gasteiger partial charge < -0.3 is 15.7 Å². The Kier molecular flexibility index (Phi) is 4.25. The van der Waals surface area contributed by atoms with Crippen molar-refractivity contribution in [3.05, 3.63) is 59.7 Å². The summed E-state index contributed by atoms with van der Waals surface area (Å²) in [4.78, 5) is 13.2. The van der Waals surface area contributed by atoms with E-state index >= 15 is 0 Å². The van der Waals surface area contributed by atoms with E-state index in [1.54, 1.807) is 18.2 Å². The predicted octanol–water partition coefficient (Wildman–Crippen LogP) is 2.65. The van der Waals surface area contributed by atoms with Gasteiger partial charge in [0, 0.05) is 19.3 Å². The molecular formula is C16H18N2O2. The Morgan fingerprint density at radius 2 is 1.90 bits per heavy atom. The van der Waals surface area contributed by atoms with Crippen molar-refractivity contribution in [1.82, 2.24) is 0 Å². The standard InChI is InChI=1S/C16H18N2O2/c1-18(10-9-12-5-3-2-4-6-12)15-11-13(17)7-8-14(15)16(19)20/h2-8,11H,9-10,17H2,1H3,(H,19,20). The van der Waals surface area contributed by atoms with E-state index in [4.69, 9.17) is 5.73 Å². The highest BCUT2D eigenvalue weighted by atomic mass is 16.4. The third-order valence-corrected chi connectivity index (χ3v) is 3.24. The summed E-state index contributed by atoms with van der Waals surface area (Å²) in [5.74, 6) is -0.938. The first-order valence-electron chi connectivity index (χ1n) is 6.46. The fourth-order valence-corrected chi connectivity index (χ4v) is 2.11. The first-order valence-corrected chi connectivity index (χ1v) is 6.46. The molecule has 104 valence electrons. The molecule has 0 radical (unpaired) electrons. The Morgan fingerprint density at radius 3 is 2.55 bits per heavy atom. The number of benzene rings is 2. The molecule has 2 aromatic carbocycles. The second-order valence-corrected chi connectivity index (χ2v) is 4.74. The number of likely N-dealkylation sites (N-methyl/N-ethyl adjacent to an activating group) is 1. The highest BCUT2D eigenvalue weighted by Gasteiger charge is 2.13. The lowest BCUT2D eigenvalue weighted by molar-refractivity contribution is 0.0697. The molecule has 0 aliphatic heterocycles. The number of rotatable bonds is 5. The molecule has 0 aliphatic carbocycles. The summed E-state index contributed by atoms with van der Waals surface area (Å²) in [7, 11) is 1.88. The van der Waals surface area contributed by atoms with Crippen LogP contribution in [-0.2, 0) is 6.42 Å². The third-order valence-electron chi connectivity index (χ3n) is 3.24. The highest BCUT2D eigenvalue weighted by Crippen LogP contribution is 2.23. The van der Waals surface area contributed by atoms with Gasteiger partial charge in [0.05, 0.1) is 11.3 Å². The zero-order chi connectivity index (χ0) is 14.5. The summed E-state index contributed by atoms with van der Waals surface area (Å²) in [6.45, 7) is 0.730. The van der Waals surface area contributed by atoms with E-state index in [0.29, 0.717) is 11.4 Å². The van der Waals surface area contributed by atoms with E-state index in [1.165, 1.54) is 5.56 Å². The first kappa shape index (κ1) is 13.9. The van der Waals surface area contributed by atoms with Gasteiger partial charge in [0.2, 0.25) is 0 Å². The molecule has 0 bridgehead atoms. The number of anilines is 2. The van der Waals surface area contributed by atoms with Crippen LogP contribution < -0.4 is 10.6 Å². The number of carboxylic acids is 1. The van der Waals surface area contributed by atoms with E-state index in [0.717, 1.165) is 13.0 Å². The number of carbonyl (C=O) groups is 1. The molecular weight excluding hydrogens is 252 g/mol. The largest absolute Gasteiger partial charge is 0.478 e. The minimum atomic E-state index is -0.938. The molecule has 0 atom stereocenters. The fraction of sp³-hybridized carbons (Fsp3) is 0.188. The Bertz CT molecular complexity index is 597. The lowest BCUT2D eigenvalue weighted by atomic mass is 10.1. The molecule has 3 N–H and O–H groups in total. The number of nitrogens with two attached hydrogens (primary N) is 1. The van der Waals surface area contributed by atoms with Crippen LogP contribution in [-0.4, -0.2) is 24.7 Å². The van der Waals surface area contributed by atoms with E-state index in [9.17, 15) is 9.90 Å². The molecule has 0 saturated carbocycles. The zero-order valence-corrected chi connectivity index (χ0v) is 11.4. The molecule has 0 heterocycles. The first-order chi connectivity index (χ1) is 9.58. The molecule has 0 saturated heterocycles. The van der Waals surface area contributed by atoms with Gasteiger partial charge >= 0.3 is 5.97 Å². The number of hydrogen-bond donors (Lipinski definition) is 2. The Balaban J connectivity index is 2.14. The quantitative estimate of drug-likeness (QED) is 0.820. The summed E-state index contributed by atoms with van der Waals surface area (Å²) in [5.41, 5.74) is 8.46. The second kappa shape index (κ2) is 6.10. The van der Waals surface area contributed by atoms with Gasteiger partial charge in [0.15, 0.2) is 0 Å². The Hall–Kier alpha value is -2.49. The van der Waals surface area contributed by atoms with Gasteiger partial charge in [-0.25, -0.2) is 4.79 Å². The van der Waals surface area contributed by atoms with Gasteiger partial charge in [-0.1, -0.05) is 30.3 Å². The van der Waals surface area contributed by atoms with E-state index in [-0.39, 0.29) is 5.56 Å². The van der Waals surface area contributed by atoms with Crippen LogP contribution >= 0.6 is 0 Å². The lowest BCUT2D eigenvalue weighted by Gasteiger charge is -2.21. The minimum absolute atomic E-state index is 0.273. The molecule has 4 nitrogen and oxygen atoms in total. The van der Waals surface area contributed by atoms with Crippen LogP contribution in [0.4, 0.5) is 11.4 Å². The van der Waals surface area contributed by atoms with Crippen LogP contribution in [0.2, 0.25) is 0 Å². The Morgan fingerprint density at radius 1 is 1.20 bits per heavy atom. The maximum atomic E-state index is 11.2. The topological polar surface area (TPSA) is 66.6 Å². The van der Waals surface area contributed by atoms with Gasteiger partial charge in [0.1, 0.15) is 0 Å². The van der Waals surface area contributed by atoms with Gasteiger partial charge in [-0.2, -0.15) is 0 Å². The summed E-state index contributed by atoms with van der Waals surface area (Å²) >= 11 is 0. The van der Waals surface area contributed by atoms with Crippen molar-refractivity contribution in [2.75, 3.05) is 24.2 Å². The van der Waals surface area contributed by atoms with Crippen molar-refractivity contribution in [3.63, 3.8) is 0 Å². The smallest absolute Gasteiger partial charge is 0.337 e. The summed E-state index contributed by atoms with van der Waals surface area (Å²) < 4.78 is 0. The SMILES string of the molecule is CN(CCc1ccccc1)c1cc(N)ccc1C(=O)O. The zero-order valence-electron chi connectivity index (χ0n) is 11.4. The molecule has 2 aromatic rings. The van der Waals surface area contributed by atoms with Crippen molar-refractivity contribution in [2.24, 2.45) is 0 Å². The van der Waals surface area contributed by atoms with Crippen molar-refractivity contribution < 1.29 is 9.90 Å². The molecule has 0 fully saturated rings. The molecule has 0 amide bonds. The minimum Gasteiger partial charge on any atom is -0.478 e. The maximum absolute atomic E-state index is 11.2. The fourth-order valence-electron chi connectivity index (χ4n) is 2.11. The highest BCUT2D eigenvalue weighted by molar-refractivity contribution is 5.95. The van der Waals surface area contributed by atoms with Crippen LogP contribution in [0.15, 0.2) is 48.5 Å².